The van der Waals surface area contributed by atoms with E-state index in [1.54, 1.807) is 10.4 Å². The van der Waals surface area contributed by atoms with E-state index in [1.807, 2.05) is 4.90 Å². The number of rotatable bonds is 7. The molecule has 1 aliphatic carbocycles. The van der Waals surface area contributed by atoms with Gasteiger partial charge in [0.15, 0.2) is 6.61 Å². The molecule has 0 radical (unpaired) electrons. The number of sulfonamides is 1. The minimum atomic E-state index is -4.50. The van der Waals surface area contributed by atoms with Gasteiger partial charge in [-0.15, -0.1) is 17.7 Å². The molecule has 0 aromatic heterocycles. The summed E-state index contributed by atoms with van der Waals surface area (Å²) < 4.78 is 83.9. The summed E-state index contributed by atoms with van der Waals surface area (Å²) in [7, 11) is -3.59. The molecule has 5 rings (SSSR count). The monoisotopic (exact) mass is 827 g/mol. The van der Waals surface area contributed by atoms with Crippen LogP contribution >= 0.6 is 11.6 Å². The van der Waals surface area contributed by atoms with Crippen LogP contribution in [-0.2, 0) is 10.0 Å². The minimum absolute atomic E-state index is 0. The van der Waals surface area contributed by atoms with Gasteiger partial charge < -0.3 is 17.1 Å². The molecule has 0 bridgehead atoms. The van der Waals surface area contributed by atoms with E-state index in [0.29, 0.717) is 42.3 Å². The van der Waals surface area contributed by atoms with Crippen LogP contribution in [0.15, 0.2) is 41.3 Å². The van der Waals surface area contributed by atoms with Crippen molar-refractivity contribution >= 4 is 27.3 Å². The molecule has 40 heavy (non-hydrogen) atoms. The van der Waals surface area contributed by atoms with E-state index in [2.05, 4.69) is 11.0 Å². The van der Waals surface area contributed by atoms with E-state index in [4.69, 9.17) is 16.3 Å². The van der Waals surface area contributed by atoms with E-state index >= 15 is 0 Å². The van der Waals surface area contributed by atoms with Gasteiger partial charge in [0.1, 0.15) is 11.6 Å². The molecule has 3 fully saturated rings. The van der Waals surface area contributed by atoms with Crippen molar-refractivity contribution in [2.24, 2.45) is 5.92 Å². The molecule has 2 atom stereocenters. The fourth-order valence-corrected chi connectivity index (χ4v) is 7.56. The Hall–Kier alpha value is -1.03. The fraction of sp³-hybridized carbons (Fsp3) is 0.519. The molecule has 2 aromatic carbocycles. The average Bonchev–Trinajstić information content (AvgIpc) is 3.70. The van der Waals surface area contributed by atoms with Gasteiger partial charge in [0, 0.05) is 50.9 Å². The Morgan fingerprint density at radius 2 is 1.70 bits per heavy atom. The van der Waals surface area contributed by atoms with Crippen LogP contribution in [0.25, 0.3) is 0 Å². The van der Waals surface area contributed by atoms with Crippen molar-refractivity contribution in [2.75, 3.05) is 44.2 Å². The van der Waals surface area contributed by atoms with E-state index in [9.17, 15) is 26.0 Å². The van der Waals surface area contributed by atoms with Crippen LogP contribution in [0.5, 0.6) is 5.75 Å². The molecule has 2 heterocycles. The van der Waals surface area contributed by atoms with Gasteiger partial charge in [0.2, 0.25) is 10.0 Å². The van der Waals surface area contributed by atoms with Crippen molar-refractivity contribution in [3.05, 3.63) is 60.7 Å². The van der Waals surface area contributed by atoms with Gasteiger partial charge in [-0.2, -0.15) is 35.7 Å². The van der Waals surface area contributed by atoms with Crippen molar-refractivity contribution in [1.82, 2.24) is 9.21 Å². The minimum Gasteiger partial charge on any atom is -0.482 e. The first-order valence-electron chi connectivity index (χ1n) is 12.7. The number of ether oxygens (including phenoxy) is 1. The van der Waals surface area contributed by atoms with Crippen LogP contribution in [0.4, 0.5) is 23.2 Å². The fourth-order valence-electron chi connectivity index (χ4n) is 5.70. The third-order valence-electron chi connectivity index (χ3n) is 7.70. The zero-order chi connectivity index (χ0) is 27.1. The summed E-state index contributed by atoms with van der Waals surface area (Å²) in [5, 5.41) is 0.366. The van der Waals surface area contributed by atoms with Crippen molar-refractivity contribution in [1.29, 1.82) is 0 Å². The van der Waals surface area contributed by atoms with Gasteiger partial charge in [-0.3, -0.25) is 4.90 Å². The topological polar surface area (TPSA) is 52.9 Å². The molecule has 2 aromatic rings. The van der Waals surface area contributed by atoms with Gasteiger partial charge in [0.05, 0.1) is 5.69 Å². The molecular formula is C27H32ClF4N3O3SU. The van der Waals surface area contributed by atoms with E-state index in [1.165, 1.54) is 24.3 Å². The summed E-state index contributed by atoms with van der Waals surface area (Å²) in [5.74, 6) is -0.432. The largest absolute Gasteiger partial charge is 2.00 e. The first kappa shape index (κ1) is 33.5. The van der Waals surface area contributed by atoms with Crippen molar-refractivity contribution in [3.8, 4) is 5.75 Å². The summed E-state index contributed by atoms with van der Waals surface area (Å²) in [6.07, 6.45) is -0.692. The normalized spacial score (nSPS) is 25.5. The average molecular weight is 828 g/mol. The van der Waals surface area contributed by atoms with E-state index in [0.717, 1.165) is 44.8 Å². The second-order valence-electron chi connectivity index (χ2n) is 10.1. The number of nitrogens with zero attached hydrogens (tertiary/aromatic N) is 3. The molecule has 218 valence electrons. The van der Waals surface area contributed by atoms with Crippen molar-refractivity contribution < 1.29 is 61.8 Å². The second-order valence-corrected chi connectivity index (χ2v) is 12.4. The molecule has 3 aliphatic rings. The predicted octanol–water partition coefficient (Wildman–Crippen LogP) is 5.42. The Morgan fingerprint density at radius 1 is 1.02 bits per heavy atom. The Kier molecular flexibility index (Phi) is 11.3. The van der Waals surface area contributed by atoms with Crippen molar-refractivity contribution in [2.45, 2.75) is 48.8 Å². The van der Waals surface area contributed by atoms with Gasteiger partial charge in [0.25, 0.3) is 0 Å². The molecule has 6 nitrogen and oxygen atoms in total. The van der Waals surface area contributed by atoms with Crippen LogP contribution in [0.1, 0.15) is 25.7 Å². The zero-order valence-corrected chi connectivity index (χ0v) is 27.9. The van der Waals surface area contributed by atoms with Crippen LogP contribution in [0.2, 0.25) is 5.02 Å². The SMILES string of the molecule is O=S(=O)(c1[c-]ccc(Cl)c1)N1CC1C1CCC(N2CCN(c3ccc(F)cc3OCC(F)(F)F)CC2)CC1.[CH3-].[U+2]. The van der Waals surface area contributed by atoms with Crippen LogP contribution in [-0.4, -0.2) is 75.2 Å². The zero-order valence-electron chi connectivity index (χ0n) is 22.1. The number of hydrogen-bond acceptors (Lipinski definition) is 5. The summed E-state index contributed by atoms with van der Waals surface area (Å²) in [5.41, 5.74) is 0.464. The van der Waals surface area contributed by atoms with Crippen LogP contribution < -0.4 is 9.64 Å². The summed E-state index contributed by atoms with van der Waals surface area (Å²) in [4.78, 5) is 4.44. The smallest absolute Gasteiger partial charge is 0.482 e. The molecule has 0 amide bonds. The van der Waals surface area contributed by atoms with Gasteiger partial charge in [-0.1, -0.05) is 5.02 Å². The summed E-state index contributed by atoms with van der Waals surface area (Å²) in [6.45, 7) is 1.72. The molecule has 2 unspecified atom stereocenters. The number of hydrogen-bond donors (Lipinski definition) is 0. The third-order valence-corrected chi connectivity index (χ3v) is 9.76. The Labute approximate surface area is 262 Å². The first-order valence-corrected chi connectivity index (χ1v) is 14.5. The first-order chi connectivity index (χ1) is 18.0. The maximum atomic E-state index is 13.7. The number of halogens is 5. The Bertz CT molecular complexity index is 1250. The number of benzene rings is 2. The number of alkyl halides is 3. The maximum absolute atomic E-state index is 13.7. The van der Waals surface area contributed by atoms with Gasteiger partial charge in [-0.25, -0.2) is 12.8 Å². The molecule has 0 spiro atoms. The Balaban J connectivity index is 0.00000220. The standard InChI is InChI=1S/C26H29ClF4N3O3S.CH3.U/c27-19-2-1-3-22(14-19)38(35,36)34-16-24(34)18-4-7-21(8-5-18)32-10-12-33(13-11-32)23-9-6-20(28)15-25(23)37-17-26(29,30)31;;/h1-2,6,9,14-15,18,21,24H,4-5,7-8,10-13,16-17H2;1H3;/q2*-1;+2. The van der Waals surface area contributed by atoms with E-state index in [-0.39, 0.29) is 55.2 Å². The van der Waals surface area contributed by atoms with Gasteiger partial charge in [-0.05, 0) is 48.6 Å². The molecular weight excluding hydrogens is 796 g/mol. The predicted molar refractivity (Wildman–Crippen MR) is 142 cm³/mol. The molecule has 2 aliphatic heterocycles. The third kappa shape index (κ3) is 7.87. The number of anilines is 1. The van der Waals surface area contributed by atoms with Gasteiger partial charge >= 0.3 is 37.3 Å². The molecule has 2 saturated heterocycles. The van der Waals surface area contributed by atoms with E-state index < -0.39 is 28.6 Å². The summed E-state index contributed by atoms with van der Waals surface area (Å²) in [6, 6.07) is 11.4. The molecule has 0 N–H and O–H groups in total. The maximum Gasteiger partial charge on any atom is 2.00 e. The van der Waals surface area contributed by atoms with Crippen LogP contribution in [0.3, 0.4) is 0 Å². The summed E-state index contributed by atoms with van der Waals surface area (Å²) >= 11 is 5.97. The molecule has 1 saturated carbocycles. The van der Waals surface area contributed by atoms with Crippen LogP contribution in [0, 0.1) is 56.3 Å². The molecule has 13 heteroatoms. The quantitative estimate of drug-likeness (QED) is 0.212. The van der Waals surface area contributed by atoms with Crippen molar-refractivity contribution in [3.63, 3.8) is 0 Å². The Morgan fingerprint density at radius 3 is 2.33 bits per heavy atom. The number of piperazine rings is 1. The second kappa shape index (κ2) is 13.5.